The quantitative estimate of drug-likeness (QED) is 0.282. The van der Waals surface area contributed by atoms with E-state index in [4.69, 9.17) is 11.6 Å². The Balaban J connectivity index is 1.08. The molecule has 248 valence electrons. The molecule has 3 aromatic carbocycles. The van der Waals surface area contributed by atoms with Crippen molar-refractivity contribution in [2.75, 3.05) is 31.2 Å². The van der Waals surface area contributed by atoms with Gasteiger partial charge >= 0.3 is 0 Å². The van der Waals surface area contributed by atoms with Crippen LogP contribution in [-0.4, -0.2) is 86.2 Å². The van der Waals surface area contributed by atoms with Crippen LogP contribution < -0.4 is 15.5 Å². The zero-order valence-corrected chi connectivity index (χ0v) is 27.4. The maximum atomic E-state index is 14.3. The van der Waals surface area contributed by atoms with Crippen LogP contribution >= 0.6 is 11.6 Å². The van der Waals surface area contributed by atoms with Crippen LogP contribution in [0.1, 0.15) is 29.5 Å². The molecular weight excluding hydrogens is 628 g/mol. The van der Waals surface area contributed by atoms with Gasteiger partial charge in [-0.3, -0.25) is 19.1 Å². The second-order valence-corrected chi connectivity index (χ2v) is 13.2. The van der Waals surface area contributed by atoms with Crippen molar-refractivity contribution in [1.82, 2.24) is 35.2 Å². The van der Waals surface area contributed by atoms with Gasteiger partial charge in [0.25, 0.3) is 0 Å². The lowest BCUT2D eigenvalue weighted by Crippen LogP contribution is -2.60. The van der Waals surface area contributed by atoms with E-state index in [0.717, 1.165) is 16.8 Å². The molecule has 2 N–H and O–H groups in total. The third-order valence-electron chi connectivity index (χ3n) is 9.92. The highest BCUT2D eigenvalue weighted by Gasteiger charge is 2.54. The summed E-state index contributed by atoms with van der Waals surface area (Å²) in [4.78, 5) is 52.0. The lowest BCUT2D eigenvalue weighted by Gasteiger charge is -2.44. The molecule has 3 aliphatic heterocycles. The number of hydrogen-bond acceptors (Lipinski definition) is 7. The first-order valence-electron chi connectivity index (χ1n) is 16.5. The van der Waals surface area contributed by atoms with Gasteiger partial charge in [0.1, 0.15) is 24.2 Å². The van der Waals surface area contributed by atoms with E-state index in [1.807, 2.05) is 64.4 Å². The number of fused-ring (bicyclic) bond motifs is 1. The van der Waals surface area contributed by atoms with Crippen LogP contribution in [0.3, 0.4) is 0 Å². The van der Waals surface area contributed by atoms with E-state index >= 15 is 0 Å². The lowest BCUT2D eigenvalue weighted by atomic mass is 9.85. The highest BCUT2D eigenvalue weighted by Crippen LogP contribution is 2.39. The second-order valence-electron chi connectivity index (χ2n) is 12.8. The molecule has 2 saturated heterocycles. The van der Waals surface area contributed by atoms with Crippen molar-refractivity contribution in [1.29, 1.82) is 0 Å². The molecule has 0 radical (unpaired) electrons. The summed E-state index contributed by atoms with van der Waals surface area (Å²) in [7, 11) is 0. The molecule has 1 aromatic heterocycles. The van der Waals surface area contributed by atoms with Gasteiger partial charge in [0.2, 0.25) is 17.7 Å². The molecule has 11 nitrogen and oxygen atoms in total. The van der Waals surface area contributed by atoms with Crippen molar-refractivity contribution in [2.45, 2.75) is 56.4 Å². The van der Waals surface area contributed by atoms with E-state index in [2.05, 4.69) is 37.7 Å². The van der Waals surface area contributed by atoms with Crippen molar-refractivity contribution in [3.05, 3.63) is 113 Å². The minimum Gasteiger partial charge on any atom is -0.343 e. The van der Waals surface area contributed by atoms with Crippen LogP contribution in [0.25, 0.3) is 0 Å². The largest absolute Gasteiger partial charge is 0.343 e. The van der Waals surface area contributed by atoms with E-state index in [1.165, 1.54) is 11.9 Å². The molecule has 2 atom stereocenters. The number of nitrogens with one attached hydrogen (secondary N) is 2. The highest BCUT2D eigenvalue weighted by atomic mass is 35.5. The summed E-state index contributed by atoms with van der Waals surface area (Å²) in [6.07, 6.45) is 4.99. The zero-order valence-electron chi connectivity index (χ0n) is 26.7. The van der Waals surface area contributed by atoms with E-state index in [-0.39, 0.29) is 17.7 Å². The molecule has 1 spiro atoms. The number of halogens is 1. The maximum absolute atomic E-state index is 14.3. The Bertz CT molecular complexity index is 1740. The number of amides is 3. The molecule has 7 rings (SSSR count). The summed E-state index contributed by atoms with van der Waals surface area (Å²) >= 11 is 6.15. The molecular formula is C36H39ClN8O3. The van der Waals surface area contributed by atoms with Crippen molar-refractivity contribution < 1.29 is 14.4 Å². The van der Waals surface area contributed by atoms with Gasteiger partial charge in [-0.25, -0.2) is 4.98 Å². The van der Waals surface area contributed by atoms with Crippen LogP contribution in [0.4, 0.5) is 5.69 Å². The summed E-state index contributed by atoms with van der Waals surface area (Å²) < 4.78 is 1.73. The van der Waals surface area contributed by atoms with Crippen molar-refractivity contribution in [3.8, 4) is 0 Å². The Morgan fingerprint density at radius 1 is 0.958 bits per heavy atom. The summed E-state index contributed by atoms with van der Waals surface area (Å²) in [6, 6.07) is 24.2. The van der Waals surface area contributed by atoms with Crippen LogP contribution in [0.5, 0.6) is 0 Å². The Morgan fingerprint density at radius 3 is 2.42 bits per heavy atom. The predicted molar refractivity (Wildman–Crippen MR) is 182 cm³/mol. The highest BCUT2D eigenvalue weighted by molar-refractivity contribution is 6.30. The Labute approximate surface area is 284 Å². The Hall–Kier alpha value is -4.74. The molecule has 4 heterocycles. The Kier molecular flexibility index (Phi) is 9.14. The monoisotopic (exact) mass is 666 g/mol. The lowest BCUT2D eigenvalue weighted by molar-refractivity contribution is -0.141. The van der Waals surface area contributed by atoms with Crippen molar-refractivity contribution in [3.63, 3.8) is 0 Å². The smallest absolute Gasteiger partial charge is 0.250 e. The predicted octanol–water partition coefficient (Wildman–Crippen LogP) is 3.04. The summed E-state index contributed by atoms with van der Waals surface area (Å²) in [5.41, 5.74) is 3.42. The summed E-state index contributed by atoms with van der Waals surface area (Å²) in [5, 5.41) is 11.2. The fourth-order valence-electron chi connectivity index (χ4n) is 7.23. The molecule has 0 bridgehead atoms. The molecule has 3 amide bonds. The molecule has 4 aromatic rings. The average Bonchev–Trinajstić information content (AvgIpc) is 3.74. The number of nitrogens with zero attached hydrogens (tertiary/aromatic N) is 6. The molecule has 3 aliphatic rings. The normalized spacial score (nSPS) is 19.3. The molecule has 2 fully saturated rings. The van der Waals surface area contributed by atoms with Gasteiger partial charge in [-0.05, 0) is 60.2 Å². The maximum Gasteiger partial charge on any atom is 0.250 e. The first-order valence-corrected chi connectivity index (χ1v) is 16.9. The number of para-hydroxylation sites is 1. The minimum atomic E-state index is -0.769. The number of carbonyl (C=O) groups is 3. The number of piperidine rings is 1. The van der Waals surface area contributed by atoms with Gasteiger partial charge in [0, 0.05) is 43.3 Å². The van der Waals surface area contributed by atoms with E-state index < -0.39 is 17.6 Å². The van der Waals surface area contributed by atoms with Gasteiger partial charge in [-0.2, -0.15) is 5.10 Å². The number of hydrogen-bond donors (Lipinski definition) is 2. The second kappa shape index (κ2) is 13.8. The first kappa shape index (κ1) is 31.8. The number of benzene rings is 3. The number of likely N-dealkylation sites (tertiary alicyclic amines) is 1. The fourth-order valence-corrected chi connectivity index (χ4v) is 7.36. The Morgan fingerprint density at radius 2 is 1.69 bits per heavy atom. The van der Waals surface area contributed by atoms with E-state index in [0.29, 0.717) is 70.1 Å². The van der Waals surface area contributed by atoms with Gasteiger partial charge in [-0.1, -0.05) is 66.2 Å². The van der Waals surface area contributed by atoms with E-state index in [9.17, 15) is 14.4 Å². The zero-order chi connectivity index (χ0) is 33.1. The number of anilines is 1. The molecule has 12 heteroatoms. The summed E-state index contributed by atoms with van der Waals surface area (Å²) in [6.45, 7) is 2.89. The van der Waals surface area contributed by atoms with Crippen LogP contribution in [0.15, 0.2) is 91.5 Å². The van der Waals surface area contributed by atoms with Crippen LogP contribution in [0, 0.1) is 0 Å². The van der Waals surface area contributed by atoms with Gasteiger partial charge in [0.05, 0.1) is 19.3 Å². The minimum absolute atomic E-state index is 0.0632. The molecule has 0 saturated carbocycles. The first-order chi connectivity index (χ1) is 23.4. The summed E-state index contributed by atoms with van der Waals surface area (Å²) in [5.74, 6) is -0.285. The number of carbonyl (C=O) groups excluding carboxylic acids is 3. The van der Waals surface area contributed by atoms with Gasteiger partial charge in [0.15, 0.2) is 0 Å². The van der Waals surface area contributed by atoms with Gasteiger partial charge in [-0.15, -0.1) is 0 Å². The standard InChI is InChI=1S/C36H39ClN8O3/c37-29-12-10-26(11-13-29)20-32(41-33(46)31-21-27-6-4-5-7-28(27)22-39-31)34(47)42-16-14-36(15-17-42)35(48)43(18-19-44-24-38-23-40-44)25-45(36)30-8-2-1-3-9-30/h1-13,23-24,31-32,39H,14-22,25H2,(H,41,46)/t31-,32-/m1/s1. The fraction of sp³-hybridized carbons (Fsp3) is 0.361. The molecule has 0 unspecified atom stereocenters. The van der Waals surface area contributed by atoms with Crippen molar-refractivity contribution >= 4 is 35.0 Å². The van der Waals surface area contributed by atoms with Gasteiger partial charge < -0.3 is 25.3 Å². The van der Waals surface area contributed by atoms with Crippen LogP contribution in [-0.2, 0) is 40.3 Å². The third kappa shape index (κ3) is 6.52. The molecule has 48 heavy (non-hydrogen) atoms. The number of aromatic nitrogens is 3. The van der Waals surface area contributed by atoms with E-state index in [1.54, 1.807) is 23.1 Å². The molecule has 0 aliphatic carbocycles. The van der Waals surface area contributed by atoms with Crippen molar-refractivity contribution in [2.24, 2.45) is 0 Å². The third-order valence-corrected chi connectivity index (χ3v) is 10.2. The number of rotatable bonds is 9. The topological polar surface area (TPSA) is 116 Å². The van der Waals surface area contributed by atoms with Crippen LogP contribution in [0.2, 0.25) is 5.02 Å². The average molecular weight is 667 g/mol. The SMILES string of the molecule is O=C(N[C@H](Cc1ccc(Cl)cc1)C(=O)N1CCC2(CC1)C(=O)N(CCn1cncn1)CN2c1ccccc1)[C@H]1Cc2ccccc2CN1.